The van der Waals surface area contributed by atoms with Crippen molar-refractivity contribution in [2.75, 3.05) is 0 Å². The zero-order valence-electron chi connectivity index (χ0n) is 12.5. The highest BCUT2D eigenvalue weighted by Crippen LogP contribution is 2.37. The maximum absolute atomic E-state index is 12.6. The highest BCUT2D eigenvalue weighted by atomic mass is 16.2. The molecule has 4 heteroatoms. The predicted molar refractivity (Wildman–Crippen MR) is 74.6 cm³/mol. The molecule has 4 nitrogen and oxygen atoms in total. The summed E-state index contributed by atoms with van der Waals surface area (Å²) in [5.74, 6) is 0.242. The van der Waals surface area contributed by atoms with Crippen molar-refractivity contribution in [1.82, 2.24) is 10.2 Å². The van der Waals surface area contributed by atoms with Crippen LogP contribution in [0.3, 0.4) is 0 Å². The molecule has 1 heterocycles. The van der Waals surface area contributed by atoms with Gasteiger partial charge in [0.05, 0.1) is 0 Å². The maximum Gasteiger partial charge on any atom is 0.246 e. The lowest BCUT2D eigenvalue weighted by atomic mass is 9.78. The van der Waals surface area contributed by atoms with E-state index in [1.165, 1.54) is 6.42 Å². The molecule has 0 aromatic rings. The number of hydrogen-bond donors (Lipinski definition) is 1. The second-order valence-corrected chi connectivity index (χ2v) is 6.68. The monoisotopic (exact) mass is 266 g/mol. The van der Waals surface area contributed by atoms with E-state index in [9.17, 15) is 9.59 Å². The minimum Gasteiger partial charge on any atom is -0.343 e. The van der Waals surface area contributed by atoms with Crippen molar-refractivity contribution in [3.63, 3.8) is 0 Å². The predicted octanol–water partition coefficient (Wildman–Crippen LogP) is 2.08. The second-order valence-electron chi connectivity index (χ2n) is 6.68. The fourth-order valence-corrected chi connectivity index (χ4v) is 3.58. The van der Waals surface area contributed by atoms with E-state index in [-0.39, 0.29) is 35.4 Å². The topological polar surface area (TPSA) is 49.4 Å². The van der Waals surface area contributed by atoms with Crippen LogP contribution in [0, 0.1) is 5.92 Å². The molecule has 2 amide bonds. The van der Waals surface area contributed by atoms with Crippen molar-refractivity contribution in [2.24, 2.45) is 5.92 Å². The molecule has 0 aromatic heterocycles. The molecule has 2 unspecified atom stereocenters. The van der Waals surface area contributed by atoms with Crippen molar-refractivity contribution in [3.05, 3.63) is 0 Å². The first kappa shape index (κ1) is 14.4. The summed E-state index contributed by atoms with van der Waals surface area (Å²) >= 11 is 0. The van der Waals surface area contributed by atoms with E-state index >= 15 is 0 Å². The fourth-order valence-electron chi connectivity index (χ4n) is 3.58. The highest BCUT2D eigenvalue weighted by Gasteiger charge is 2.48. The molecule has 19 heavy (non-hydrogen) atoms. The van der Waals surface area contributed by atoms with E-state index in [2.05, 4.69) is 12.2 Å². The molecule has 0 aromatic carbocycles. The summed E-state index contributed by atoms with van der Waals surface area (Å²) < 4.78 is 0. The highest BCUT2D eigenvalue weighted by molar-refractivity contribution is 5.97. The Morgan fingerprint density at radius 3 is 2.32 bits per heavy atom. The van der Waals surface area contributed by atoms with Crippen LogP contribution in [-0.2, 0) is 9.59 Å². The van der Waals surface area contributed by atoms with Crippen LogP contribution in [-0.4, -0.2) is 34.3 Å². The third kappa shape index (κ3) is 2.49. The summed E-state index contributed by atoms with van der Waals surface area (Å²) in [6, 6.07) is -0.701. The zero-order valence-corrected chi connectivity index (χ0v) is 12.5. The maximum atomic E-state index is 12.6. The normalized spacial score (nSPS) is 31.5. The van der Waals surface area contributed by atoms with Gasteiger partial charge in [0.25, 0.3) is 0 Å². The van der Waals surface area contributed by atoms with Gasteiger partial charge >= 0.3 is 0 Å². The van der Waals surface area contributed by atoms with Crippen LogP contribution in [0.25, 0.3) is 0 Å². The Bertz CT molecular complexity index is 372. The minimum absolute atomic E-state index is 0.00824. The van der Waals surface area contributed by atoms with Gasteiger partial charge in [-0.15, -0.1) is 0 Å². The lowest BCUT2D eigenvalue weighted by molar-refractivity contribution is -0.160. The van der Waals surface area contributed by atoms with Crippen LogP contribution in [0.1, 0.15) is 59.8 Å². The summed E-state index contributed by atoms with van der Waals surface area (Å²) in [5, 5.41) is 2.82. The molecule has 2 atom stereocenters. The van der Waals surface area contributed by atoms with Gasteiger partial charge in [-0.25, -0.2) is 0 Å². The molecule has 1 saturated carbocycles. The van der Waals surface area contributed by atoms with Gasteiger partial charge in [0.2, 0.25) is 11.8 Å². The third-order valence-electron chi connectivity index (χ3n) is 4.66. The van der Waals surface area contributed by atoms with Gasteiger partial charge in [-0.2, -0.15) is 0 Å². The minimum atomic E-state index is -0.388. The van der Waals surface area contributed by atoms with E-state index in [0.29, 0.717) is 0 Å². The van der Waals surface area contributed by atoms with Gasteiger partial charge in [-0.1, -0.05) is 33.1 Å². The first-order chi connectivity index (χ1) is 8.87. The molecule has 0 radical (unpaired) electrons. The van der Waals surface area contributed by atoms with E-state index in [1.807, 2.05) is 18.7 Å². The number of hydrogen-bond acceptors (Lipinski definition) is 2. The molecule has 1 aliphatic carbocycles. The Morgan fingerprint density at radius 1 is 1.21 bits per heavy atom. The lowest BCUT2D eigenvalue weighted by Gasteiger charge is -2.51. The second kappa shape index (κ2) is 5.14. The van der Waals surface area contributed by atoms with Crippen LogP contribution in [0.5, 0.6) is 0 Å². The summed E-state index contributed by atoms with van der Waals surface area (Å²) in [4.78, 5) is 26.8. The van der Waals surface area contributed by atoms with Gasteiger partial charge in [0.1, 0.15) is 12.1 Å². The SMILES string of the molecule is CC1NC(=O)C(C(C)C)N(C2(C)CCCCC2)C1=O. The van der Waals surface area contributed by atoms with E-state index < -0.39 is 0 Å². The Morgan fingerprint density at radius 2 is 1.79 bits per heavy atom. The Kier molecular flexibility index (Phi) is 3.88. The van der Waals surface area contributed by atoms with Crippen LogP contribution in [0.15, 0.2) is 0 Å². The van der Waals surface area contributed by atoms with Crippen molar-refractivity contribution in [2.45, 2.75) is 77.4 Å². The quantitative estimate of drug-likeness (QED) is 0.832. The molecule has 1 N–H and O–H groups in total. The Balaban J connectivity index is 2.35. The van der Waals surface area contributed by atoms with Crippen molar-refractivity contribution in [3.8, 4) is 0 Å². The molecule has 1 aliphatic heterocycles. The molecule has 108 valence electrons. The number of nitrogens with one attached hydrogen (secondary N) is 1. The number of rotatable bonds is 2. The molecule has 0 spiro atoms. The molecule has 2 aliphatic rings. The van der Waals surface area contributed by atoms with E-state index in [4.69, 9.17) is 0 Å². The number of piperazine rings is 1. The number of carbonyl (C=O) groups excluding carboxylic acids is 2. The standard InChI is InChI=1S/C15H26N2O2/c1-10(2)12-13(18)16-11(3)14(19)17(12)15(4)8-6-5-7-9-15/h10-12H,5-9H2,1-4H3,(H,16,18). The van der Waals surface area contributed by atoms with Crippen molar-refractivity contribution >= 4 is 11.8 Å². The molecule has 2 rings (SSSR count). The smallest absolute Gasteiger partial charge is 0.246 e. The molecular weight excluding hydrogens is 240 g/mol. The van der Waals surface area contributed by atoms with Gasteiger partial charge in [0, 0.05) is 5.54 Å². The van der Waals surface area contributed by atoms with Gasteiger partial charge in [-0.05, 0) is 32.6 Å². The Hall–Kier alpha value is -1.06. The van der Waals surface area contributed by atoms with Crippen LogP contribution in [0.4, 0.5) is 0 Å². The molecule has 2 fully saturated rings. The molecule has 1 saturated heterocycles. The van der Waals surface area contributed by atoms with E-state index in [0.717, 1.165) is 25.7 Å². The third-order valence-corrected chi connectivity index (χ3v) is 4.66. The van der Waals surface area contributed by atoms with Gasteiger partial charge in [0.15, 0.2) is 0 Å². The van der Waals surface area contributed by atoms with Crippen molar-refractivity contribution < 1.29 is 9.59 Å². The van der Waals surface area contributed by atoms with Crippen LogP contribution >= 0.6 is 0 Å². The largest absolute Gasteiger partial charge is 0.343 e. The van der Waals surface area contributed by atoms with Crippen LogP contribution < -0.4 is 5.32 Å². The lowest BCUT2D eigenvalue weighted by Crippen LogP contribution is -2.69. The average Bonchev–Trinajstić information content (AvgIpc) is 2.33. The summed E-state index contributed by atoms with van der Waals surface area (Å²) in [5.41, 5.74) is -0.143. The summed E-state index contributed by atoms with van der Waals surface area (Å²) in [7, 11) is 0. The first-order valence-electron chi connectivity index (χ1n) is 7.50. The number of carbonyl (C=O) groups is 2. The molecular formula is C15H26N2O2. The zero-order chi connectivity index (χ0) is 14.2. The van der Waals surface area contributed by atoms with Crippen LogP contribution in [0.2, 0.25) is 0 Å². The summed E-state index contributed by atoms with van der Waals surface area (Å²) in [6.07, 6.45) is 5.58. The fraction of sp³-hybridized carbons (Fsp3) is 0.867. The van der Waals surface area contributed by atoms with Gasteiger partial charge < -0.3 is 10.2 Å². The summed E-state index contributed by atoms with van der Waals surface area (Å²) in [6.45, 7) is 7.99. The van der Waals surface area contributed by atoms with E-state index in [1.54, 1.807) is 6.92 Å². The Labute approximate surface area is 115 Å². The number of amides is 2. The number of nitrogens with zero attached hydrogens (tertiary/aromatic N) is 1. The first-order valence-corrected chi connectivity index (χ1v) is 7.50. The van der Waals surface area contributed by atoms with Gasteiger partial charge in [-0.3, -0.25) is 9.59 Å². The van der Waals surface area contributed by atoms with Crippen molar-refractivity contribution in [1.29, 1.82) is 0 Å². The molecule has 0 bridgehead atoms. The average molecular weight is 266 g/mol.